The number of benzene rings is 1. The van der Waals surface area contributed by atoms with E-state index in [0.717, 1.165) is 12.0 Å². The van der Waals surface area contributed by atoms with E-state index >= 15 is 0 Å². The van der Waals surface area contributed by atoms with Gasteiger partial charge in [-0.2, -0.15) is 0 Å². The Balaban J connectivity index is 2.75. The van der Waals surface area contributed by atoms with Crippen LogP contribution in [0.15, 0.2) is 24.3 Å². The normalized spacial score (nSPS) is 15.2. The maximum absolute atomic E-state index is 12.1. The van der Waals surface area contributed by atoms with Gasteiger partial charge < -0.3 is 10.1 Å². The summed E-state index contributed by atoms with van der Waals surface area (Å²) in [5.74, 6) is 0.00759. The van der Waals surface area contributed by atoms with Crippen molar-refractivity contribution in [3.05, 3.63) is 29.8 Å². The zero-order valence-corrected chi connectivity index (χ0v) is 10.7. The SMILES string of the molecule is CNC(C)CC(C)c1cccc(OC(F)(F)F)c1. The van der Waals surface area contributed by atoms with Crippen LogP contribution in [-0.4, -0.2) is 19.5 Å². The maximum atomic E-state index is 12.1. The molecule has 102 valence electrons. The number of alkyl halides is 3. The summed E-state index contributed by atoms with van der Waals surface area (Å²) < 4.78 is 40.2. The molecule has 0 saturated carbocycles. The van der Waals surface area contributed by atoms with Gasteiger partial charge in [-0.05, 0) is 44.0 Å². The topological polar surface area (TPSA) is 21.3 Å². The van der Waals surface area contributed by atoms with E-state index < -0.39 is 6.36 Å². The lowest BCUT2D eigenvalue weighted by molar-refractivity contribution is -0.274. The molecule has 0 aliphatic carbocycles. The monoisotopic (exact) mass is 261 g/mol. The standard InChI is InChI=1S/C13H18F3NO/c1-9(7-10(2)17-3)11-5-4-6-12(8-11)18-13(14,15)16/h4-6,8-10,17H,7H2,1-3H3. The minimum atomic E-state index is -4.64. The maximum Gasteiger partial charge on any atom is 0.573 e. The van der Waals surface area contributed by atoms with Gasteiger partial charge in [0.25, 0.3) is 0 Å². The van der Waals surface area contributed by atoms with Crippen LogP contribution >= 0.6 is 0 Å². The second kappa shape index (κ2) is 6.09. The molecule has 0 aromatic heterocycles. The van der Waals surface area contributed by atoms with Crippen molar-refractivity contribution < 1.29 is 17.9 Å². The zero-order chi connectivity index (χ0) is 13.8. The molecule has 2 unspecified atom stereocenters. The summed E-state index contributed by atoms with van der Waals surface area (Å²) in [5, 5.41) is 3.11. The average molecular weight is 261 g/mol. The number of hydrogen-bond donors (Lipinski definition) is 1. The van der Waals surface area contributed by atoms with E-state index in [1.807, 2.05) is 27.0 Å². The fourth-order valence-electron chi connectivity index (χ4n) is 1.80. The molecule has 1 rings (SSSR count). The molecular formula is C13H18F3NO. The zero-order valence-electron chi connectivity index (χ0n) is 10.7. The number of nitrogens with one attached hydrogen (secondary N) is 1. The molecule has 0 amide bonds. The van der Waals surface area contributed by atoms with Gasteiger partial charge in [0, 0.05) is 6.04 Å². The molecule has 18 heavy (non-hydrogen) atoms. The minimum Gasteiger partial charge on any atom is -0.406 e. The lowest BCUT2D eigenvalue weighted by Crippen LogP contribution is -2.23. The smallest absolute Gasteiger partial charge is 0.406 e. The number of halogens is 3. The van der Waals surface area contributed by atoms with Crippen molar-refractivity contribution >= 4 is 0 Å². The van der Waals surface area contributed by atoms with E-state index in [4.69, 9.17) is 0 Å². The van der Waals surface area contributed by atoms with Crippen LogP contribution in [0.25, 0.3) is 0 Å². The van der Waals surface area contributed by atoms with Crippen LogP contribution in [0.2, 0.25) is 0 Å². The molecule has 0 saturated heterocycles. The first-order valence-electron chi connectivity index (χ1n) is 5.85. The highest BCUT2D eigenvalue weighted by Gasteiger charge is 2.31. The van der Waals surface area contributed by atoms with Crippen molar-refractivity contribution in [1.29, 1.82) is 0 Å². The van der Waals surface area contributed by atoms with Gasteiger partial charge in [-0.1, -0.05) is 19.1 Å². The van der Waals surface area contributed by atoms with Crippen LogP contribution < -0.4 is 10.1 Å². The Hall–Kier alpha value is -1.23. The van der Waals surface area contributed by atoms with Gasteiger partial charge in [0.05, 0.1) is 0 Å². The van der Waals surface area contributed by atoms with Crippen LogP contribution in [0.4, 0.5) is 13.2 Å². The van der Waals surface area contributed by atoms with Crippen LogP contribution in [0.5, 0.6) is 5.75 Å². The first-order valence-corrected chi connectivity index (χ1v) is 5.85. The van der Waals surface area contributed by atoms with E-state index in [9.17, 15) is 13.2 Å². The Morgan fingerprint density at radius 1 is 1.28 bits per heavy atom. The van der Waals surface area contributed by atoms with Crippen molar-refractivity contribution in [3.8, 4) is 5.75 Å². The quantitative estimate of drug-likeness (QED) is 0.872. The van der Waals surface area contributed by atoms with Gasteiger partial charge in [-0.15, -0.1) is 13.2 Å². The Morgan fingerprint density at radius 2 is 1.94 bits per heavy atom. The molecule has 0 heterocycles. The van der Waals surface area contributed by atoms with Gasteiger partial charge in [0.15, 0.2) is 0 Å². The predicted molar refractivity (Wildman–Crippen MR) is 64.7 cm³/mol. The molecule has 2 nitrogen and oxygen atoms in total. The van der Waals surface area contributed by atoms with Crippen molar-refractivity contribution in [2.45, 2.75) is 38.6 Å². The molecule has 0 spiro atoms. The largest absolute Gasteiger partial charge is 0.573 e. The molecule has 0 aliphatic rings. The number of ether oxygens (including phenoxy) is 1. The Labute approximate surface area is 105 Å². The summed E-state index contributed by atoms with van der Waals surface area (Å²) in [6.45, 7) is 4.02. The van der Waals surface area contributed by atoms with E-state index in [2.05, 4.69) is 10.1 Å². The van der Waals surface area contributed by atoms with E-state index in [-0.39, 0.29) is 11.7 Å². The van der Waals surface area contributed by atoms with Crippen LogP contribution in [-0.2, 0) is 0 Å². The van der Waals surface area contributed by atoms with Gasteiger partial charge in [-0.25, -0.2) is 0 Å². The molecule has 1 aromatic rings. The minimum absolute atomic E-state index is 0.163. The number of hydrogen-bond acceptors (Lipinski definition) is 2. The van der Waals surface area contributed by atoms with E-state index in [1.54, 1.807) is 6.07 Å². The molecule has 0 bridgehead atoms. The van der Waals surface area contributed by atoms with Crippen molar-refractivity contribution in [2.24, 2.45) is 0 Å². The molecule has 1 N–H and O–H groups in total. The number of rotatable bonds is 5. The van der Waals surface area contributed by atoms with Gasteiger partial charge in [-0.3, -0.25) is 0 Å². The summed E-state index contributed by atoms with van der Waals surface area (Å²) in [4.78, 5) is 0. The Bertz CT molecular complexity index is 379. The van der Waals surface area contributed by atoms with Crippen LogP contribution in [0.1, 0.15) is 31.7 Å². The van der Waals surface area contributed by atoms with Gasteiger partial charge in [0.1, 0.15) is 5.75 Å². The third kappa shape index (κ3) is 4.96. The lowest BCUT2D eigenvalue weighted by atomic mass is 9.94. The molecule has 0 radical (unpaired) electrons. The molecule has 0 aliphatic heterocycles. The second-order valence-electron chi connectivity index (χ2n) is 4.45. The Morgan fingerprint density at radius 3 is 2.50 bits per heavy atom. The summed E-state index contributed by atoms with van der Waals surface area (Å²) >= 11 is 0. The highest BCUT2D eigenvalue weighted by Crippen LogP contribution is 2.27. The van der Waals surface area contributed by atoms with E-state index in [1.165, 1.54) is 12.1 Å². The lowest BCUT2D eigenvalue weighted by Gasteiger charge is -2.18. The summed E-state index contributed by atoms with van der Waals surface area (Å²) in [6, 6.07) is 6.46. The highest BCUT2D eigenvalue weighted by molar-refractivity contribution is 5.30. The summed E-state index contributed by atoms with van der Waals surface area (Å²) in [5.41, 5.74) is 0.846. The van der Waals surface area contributed by atoms with Crippen molar-refractivity contribution in [1.82, 2.24) is 5.32 Å². The second-order valence-corrected chi connectivity index (χ2v) is 4.45. The highest BCUT2D eigenvalue weighted by atomic mass is 19.4. The first-order chi connectivity index (χ1) is 8.31. The van der Waals surface area contributed by atoms with Gasteiger partial charge in [0.2, 0.25) is 0 Å². The van der Waals surface area contributed by atoms with Crippen LogP contribution in [0.3, 0.4) is 0 Å². The van der Waals surface area contributed by atoms with E-state index in [0.29, 0.717) is 6.04 Å². The predicted octanol–water partition coefficient (Wildman–Crippen LogP) is 3.69. The fraction of sp³-hybridized carbons (Fsp3) is 0.538. The molecular weight excluding hydrogens is 243 g/mol. The van der Waals surface area contributed by atoms with Crippen molar-refractivity contribution in [2.75, 3.05) is 7.05 Å². The molecule has 1 aromatic carbocycles. The molecule has 2 atom stereocenters. The Kier molecular flexibility index (Phi) is 5.02. The summed E-state index contributed by atoms with van der Waals surface area (Å²) in [6.07, 6.45) is -3.79. The first kappa shape index (κ1) is 14.8. The van der Waals surface area contributed by atoms with Gasteiger partial charge >= 0.3 is 6.36 Å². The average Bonchev–Trinajstić information content (AvgIpc) is 2.26. The van der Waals surface area contributed by atoms with Crippen LogP contribution in [0, 0.1) is 0 Å². The third-order valence-electron chi connectivity index (χ3n) is 2.86. The molecule has 0 fully saturated rings. The molecule has 5 heteroatoms. The summed E-state index contributed by atoms with van der Waals surface area (Å²) in [7, 11) is 1.86. The fourth-order valence-corrected chi connectivity index (χ4v) is 1.80. The van der Waals surface area contributed by atoms with Crippen molar-refractivity contribution in [3.63, 3.8) is 0 Å². The third-order valence-corrected chi connectivity index (χ3v) is 2.86.